The number of likely N-dealkylation sites (N-methyl/N-ethyl adjacent to an activating group) is 2. The van der Waals surface area contributed by atoms with Gasteiger partial charge in [0.2, 0.25) is 0 Å². The minimum absolute atomic E-state index is 0. The van der Waals surface area contributed by atoms with E-state index in [1.54, 1.807) is 53.3 Å². The van der Waals surface area contributed by atoms with Crippen LogP contribution in [0.15, 0.2) is 91.0 Å². The number of benzene rings is 3. The molecule has 10 heterocycles. The summed E-state index contributed by atoms with van der Waals surface area (Å²) in [5.74, 6) is 3.04. The Labute approximate surface area is 619 Å². The second-order valence-electron chi connectivity index (χ2n) is 31.0. The summed E-state index contributed by atoms with van der Waals surface area (Å²) in [5.41, 5.74) is 1.20. The molecule has 0 saturated carbocycles. The highest BCUT2D eigenvalue weighted by Gasteiger charge is 2.52. The minimum Gasteiger partial charge on any atom is -0.493 e. The van der Waals surface area contributed by atoms with Crippen molar-refractivity contribution in [3.63, 3.8) is 0 Å². The molecule has 4 amide bonds. The molecule has 4 fully saturated rings. The van der Waals surface area contributed by atoms with Gasteiger partial charge in [0.05, 0.1) is 55.2 Å². The van der Waals surface area contributed by atoms with Crippen LogP contribution >= 0.6 is 0 Å². The molecule has 7 aliphatic rings. The number of rotatable bonds is 14. The summed E-state index contributed by atoms with van der Waals surface area (Å²) in [6.45, 7) is 25.8. The van der Waals surface area contributed by atoms with Gasteiger partial charge in [-0.25, -0.2) is 4.39 Å². The van der Waals surface area contributed by atoms with Crippen LogP contribution in [0.4, 0.5) is 30.7 Å². The number of fused-ring (bicyclic) bond motifs is 6. The van der Waals surface area contributed by atoms with E-state index >= 15 is 0 Å². The first-order valence-corrected chi connectivity index (χ1v) is 37.4. The minimum atomic E-state index is -4.44. The van der Waals surface area contributed by atoms with E-state index in [1.165, 1.54) is 46.2 Å². The maximum atomic E-state index is 14.6. The number of aromatic nitrogens is 3. The van der Waals surface area contributed by atoms with Gasteiger partial charge in [-0.3, -0.25) is 34.3 Å². The van der Waals surface area contributed by atoms with Crippen LogP contribution in [0.1, 0.15) is 192 Å². The lowest BCUT2D eigenvalue weighted by Crippen LogP contribution is -2.63. The molecular weight excluding hydrogens is 1380 g/mol. The van der Waals surface area contributed by atoms with Crippen molar-refractivity contribution in [2.75, 3.05) is 100 Å². The average Bonchev–Trinajstić information content (AvgIpc) is 1.67. The quantitative estimate of drug-likeness (QED) is 0.103. The fourth-order valence-corrected chi connectivity index (χ4v) is 17.1. The number of hydrogen-bond acceptors (Lipinski definition) is 12. The molecule has 3 spiro atoms. The monoisotopic (exact) mass is 1480 g/mol. The third-order valence-corrected chi connectivity index (χ3v) is 22.7. The molecule has 6 aromatic rings. The number of hydrogen-bond donors (Lipinski definition) is 1. The summed E-state index contributed by atoms with van der Waals surface area (Å²) in [5, 5.41) is 3.55. The molecule has 0 unspecified atom stereocenters. The largest absolute Gasteiger partial charge is 0.493 e. The molecule has 580 valence electrons. The van der Waals surface area contributed by atoms with E-state index in [0.29, 0.717) is 148 Å². The normalized spacial score (nSPS) is 19.3. The molecular formula is C80H107F7N10O9. The number of likely N-dealkylation sites (tertiary alicyclic amines) is 4. The Balaban J connectivity index is 0.000000172. The Bertz CT molecular complexity index is 4110. The molecule has 7 aliphatic heterocycles. The zero-order valence-corrected chi connectivity index (χ0v) is 63.6. The molecule has 0 aliphatic carbocycles. The van der Waals surface area contributed by atoms with E-state index in [1.807, 2.05) is 78.6 Å². The number of halogens is 7. The fraction of sp³-hybridized carbons (Fsp3) is 0.575. The molecule has 0 atom stereocenters. The predicted molar refractivity (Wildman–Crippen MR) is 392 cm³/mol. The number of carbonyl (C=O) groups is 4. The number of methoxy groups -OCH3 is 2. The van der Waals surface area contributed by atoms with E-state index in [0.717, 1.165) is 70.0 Å². The first kappa shape index (κ1) is 78.8. The highest BCUT2D eigenvalue weighted by Crippen LogP contribution is 2.48. The second kappa shape index (κ2) is 31.5. The molecule has 13 rings (SSSR count). The molecule has 19 nitrogen and oxygen atoms in total. The van der Waals surface area contributed by atoms with Crippen molar-refractivity contribution < 1.29 is 75.0 Å². The highest BCUT2D eigenvalue weighted by atomic mass is 19.4. The number of ether oxygens (including phenoxy) is 5. The molecule has 0 bridgehead atoms. The van der Waals surface area contributed by atoms with E-state index < -0.39 is 52.1 Å². The standard InChI is InChI=1S/C32H46N4O4.C24H29F4N3O2.C24H30F3N3O3.H2/c1-22(2)24-11-15-34(16-12-24)31(38)26-8-10-29-32(33(5)19-20-36(26)29)13-17-35(18-14-32)30(37)25-7-9-27(40-23(3)4)28(21-25)39-6;1-15(2)33-16-5-6-17(18(25)13-16)21(32)30-11-9-23(10-12-30)19-7-8-20(24(26,27)28)31(19)14-22(3,4)29-23;1-4-15-33-18-6-5-17(16-19(18)32-3)22(31)29-11-9-23(10-12-29)20-7-8-21(24(25,26)27)30(20)14-13-28(23)2;/h7-10,21-24H,11-20H2,1-6H3;5-8,13,15,29H,9-12,14H2,1-4H3;5-8,16H,4,9-15H2,1-3H3;1H. The van der Waals surface area contributed by atoms with Crippen molar-refractivity contribution in [2.45, 2.75) is 186 Å². The Morgan fingerprint density at radius 2 is 0.991 bits per heavy atom. The molecule has 4 saturated heterocycles. The summed E-state index contributed by atoms with van der Waals surface area (Å²) in [4.78, 5) is 65.2. The first-order valence-electron chi connectivity index (χ1n) is 37.4. The third kappa shape index (κ3) is 16.2. The van der Waals surface area contributed by atoms with Crippen molar-refractivity contribution in [3.8, 4) is 28.7 Å². The summed E-state index contributed by atoms with van der Waals surface area (Å²) in [7, 11) is 7.28. The highest BCUT2D eigenvalue weighted by molar-refractivity contribution is 5.96. The summed E-state index contributed by atoms with van der Waals surface area (Å²) in [6.07, 6.45) is -2.19. The topological polar surface area (TPSA) is 161 Å². The zero-order chi connectivity index (χ0) is 76.6. The molecule has 106 heavy (non-hydrogen) atoms. The average molecular weight is 1490 g/mol. The first-order chi connectivity index (χ1) is 50.2. The van der Waals surface area contributed by atoms with E-state index in [4.69, 9.17) is 23.7 Å². The Kier molecular flexibility index (Phi) is 23.5. The maximum Gasteiger partial charge on any atom is 0.431 e. The van der Waals surface area contributed by atoms with Gasteiger partial charge in [0.25, 0.3) is 23.6 Å². The lowest BCUT2D eigenvalue weighted by atomic mass is 9.79. The van der Waals surface area contributed by atoms with Crippen LogP contribution < -0.4 is 29.0 Å². The summed E-state index contributed by atoms with van der Waals surface area (Å²) < 4.78 is 129. The van der Waals surface area contributed by atoms with Crippen LogP contribution in [-0.4, -0.2) is 185 Å². The molecule has 0 radical (unpaired) electrons. The van der Waals surface area contributed by atoms with Gasteiger partial charge in [-0.05, 0) is 210 Å². The van der Waals surface area contributed by atoms with Crippen molar-refractivity contribution in [1.82, 2.24) is 48.4 Å². The van der Waals surface area contributed by atoms with Crippen molar-refractivity contribution in [3.05, 3.63) is 148 Å². The van der Waals surface area contributed by atoms with Crippen molar-refractivity contribution in [2.24, 2.45) is 11.8 Å². The lowest BCUT2D eigenvalue weighted by Gasteiger charge is -2.51. The number of alkyl halides is 6. The van der Waals surface area contributed by atoms with Gasteiger partial charge in [-0.15, -0.1) is 0 Å². The number of amides is 4. The van der Waals surface area contributed by atoms with Gasteiger partial charge < -0.3 is 57.0 Å². The van der Waals surface area contributed by atoms with E-state index in [2.05, 4.69) is 51.5 Å². The Hall–Kier alpha value is -8.23. The van der Waals surface area contributed by atoms with Crippen LogP contribution in [-0.2, 0) is 48.6 Å². The van der Waals surface area contributed by atoms with E-state index in [9.17, 15) is 49.9 Å². The van der Waals surface area contributed by atoms with Crippen molar-refractivity contribution >= 4 is 23.6 Å². The summed E-state index contributed by atoms with van der Waals surface area (Å²) in [6, 6.07) is 24.4. The maximum absolute atomic E-state index is 14.6. The molecule has 3 aromatic carbocycles. The molecule has 3 aromatic heterocycles. The van der Waals surface area contributed by atoms with Crippen LogP contribution in [0, 0.1) is 17.7 Å². The van der Waals surface area contributed by atoms with Gasteiger partial charge in [-0.2, -0.15) is 26.3 Å². The Morgan fingerprint density at radius 1 is 0.519 bits per heavy atom. The second-order valence-corrected chi connectivity index (χ2v) is 31.0. The van der Waals surface area contributed by atoms with Crippen LogP contribution in [0.5, 0.6) is 28.7 Å². The van der Waals surface area contributed by atoms with Gasteiger partial charge >= 0.3 is 12.4 Å². The molecule has 1 N–H and O–H groups in total. The lowest BCUT2D eigenvalue weighted by molar-refractivity contribution is -0.145. The fourth-order valence-electron chi connectivity index (χ4n) is 17.1. The van der Waals surface area contributed by atoms with E-state index in [-0.39, 0.29) is 49.0 Å². The smallest absolute Gasteiger partial charge is 0.431 e. The zero-order valence-electron chi connectivity index (χ0n) is 63.6. The van der Waals surface area contributed by atoms with Crippen LogP contribution in [0.3, 0.4) is 0 Å². The summed E-state index contributed by atoms with van der Waals surface area (Å²) >= 11 is 0. The number of piperidine rings is 4. The predicted octanol–water partition coefficient (Wildman–Crippen LogP) is 14.4. The van der Waals surface area contributed by atoms with Gasteiger partial charge in [0, 0.05) is 126 Å². The van der Waals surface area contributed by atoms with Gasteiger partial charge in [-0.1, -0.05) is 20.8 Å². The van der Waals surface area contributed by atoms with Gasteiger partial charge in [0.15, 0.2) is 23.0 Å². The SMILES string of the molecule is CC(C)Oc1ccc(C(=O)N2CCC3(CC2)NC(C)(C)Cn2c(C(F)(F)F)ccc23)c(F)c1.CCCOc1ccc(C(=O)N2CCC3(CC2)c2ccc(C(F)(F)F)n2CCN3C)cc1OC.COc1cc(C(=O)N2CCC3(CC2)c2ccc(C(=O)N4CCC(C(C)C)CC4)n2CCN3C)ccc1OC(C)C.[HH]. The van der Waals surface area contributed by atoms with Crippen molar-refractivity contribution in [1.29, 1.82) is 0 Å². The van der Waals surface area contributed by atoms with Crippen LogP contribution in [0.25, 0.3) is 0 Å². The van der Waals surface area contributed by atoms with Crippen LogP contribution in [0.2, 0.25) is 0 Å². The van der Waals surface area contributed by atoms with Gasteiger partial charge in [0.1, 0.15) is 28.6 Å². The molecule has 26 heteroatoms. The number of nitrogens with one attached hydrogen (secondary N) is 1. The Morgan fingerprint density at radius 3 is 1.50 bits per heavy atom. The third-order valence-electron chi connectivity index (χ3n) is 22.7. The number of nitrogens with zero attached hydrogens (tertiary/aromatic N) is 9. The number of carbonyl (C=O) groups excluding carboxylic acids is 4.